The predicted octanol–water partition coefficient (Wildman–Crippen LogP) is -0.634. The van der Waals surface area contributed by atoms with E-state index >= 15 is 0 Å². The molecule has 0 spiro atoms. The van der Waals surface area contributed by atoms with Crippen LogP contribution in [-0.2, 0) is 9.53 Å². The molecular formula is C22H29N5O7. The molecule has 3 rings (SSSR count). The summed E-state index contributed by atoms with van der Waals surface area (Å²) in [7, 11) is 0. The number of aliphatic hydroxyl groups excluding tert-OH is 3. The van der Waals surface area contributed by atoms with Crippen LogP contribution in [0.3, 0.4) is 0 Å². The first-order valence-electron chi connectivity index (χ1n) is 11.0. The van der Waals surface area contributed by atoms with Crippen molar-refractivity contribution in [1.82, 2.24) is 14.9 Å². The Kier molecular flexibility index (Phi) is 8.71. The van der Waals surface area contributed by atoms with Crippen molar-refractivity contribution in [1.29, 1.82) is 0 Å². The standard InChI is InChI=1S/C22H29N5O7/c23-14-7-4-3-6-13(14)20(32)24-10-5-1-2-8-17(29)25-16-9-11-27(22(33)26-16)21-19(31)18(30)15(12-28)34-21/h3-4,6-7,9,11,15,18-19,21,28,30-31H,1-2,5,8,10,12,23H2,(H,24,32)(H,25,26,29,33)/t15-,18-,19+,21-/m1/s1. The number of nitrogen functional groups attached to an aromatic ring is 1. The number of unbranched alkanes of at least 4 members (excludes halogenated alkanes) is 2. The third-order valence-corrected chi connectivity index (χ3v) is 5.46. The molecule has 1 saturated heterocycles. The zero-order chi connectivity index (χ0) is 24.7. The minimum Gasteiger partial charge on any atom is -0.398 e. The first-order valence-corrected chi connectivity index (χ1v) is 11.0. The largest absolute Gasteiger partial charge is 0.398 e. The number of rotatable bonds is 10. The number of nitrogens with one attached hydrogen (secondary N) is 2. The summed E-state index contributed by atoms with van der Waals surface area (Å²) in [6, 6.07) is 8.18. The van der Waals surface area contributed by atoms with E-state index in [0.29, 0.717) is 37.1 Å². The second-order valence-electron chi connectivity index (χ2n) is 7.93. The molecule has 1 aromatic heterocycles. The zero-order valence-electron chi connectivity index (χ0n) is 18.5. The Hall–Kier alpha value is -3.32. The van der Waals surface area contributed by atoms with Gasteiger partial charge in [-0.1, -0.05) is 18.6 Å². The third-order valence-electron chi connectivity index (χ3n) is 5.46. The lowest BCUT2D eigenvalue weighted by atomic mass is 10.1. The molecule has 4 atom stereocenters. The van der Waals surface area contributed by atoms with E-state index in [1.165, 1.54) is 12.3 Å². The lowest BCUT2D eigenvalue weighted by Crippen LogP contribution is -2.36. The number of hydrogen-bond acceptors (Lipinski definition) is 9. The topological polar surface area (TPSA) is 189 Å². The molecule has 7 N–H and O–H groups in total. The number of aromatic nitrogens is 2. The summed E-state index contributed by atoms with van der Waals surface area (Å²) in [6.07, 6.45) is -1.51. The summed E-state index contributed by atoms with van der Waals surface area (Å²) in [5.41, 5.74) is 5.82. The van der Waals surface area contributed by atoms with E-state index in [1.54, 1.807) is 24.3 Å². The van der Waals surface area contributed by atoms with E-state index in [-0.39, 0.29) is 24.1 Å². The molecule has 2 amide bonds. The number of amides is 2. The van der Waals surface area contributed by atoms with Crippen molar-refractivity contribution in [3.05, 3.63) is 52.6 Å². The van der Waals surface area contributed by atoms with E-state index < -0.39 is 36.8 Å². The van der Waals surface area contributed by atoms with Crippen LogP contribution in [0.5, 0.6) is 0 Å². The van der Waals surface area contributed by atoms with Gasteiger partial charge in [-0.3, -0.25) is 14.2 Å². The molecule has 1 fully saturated rings. The van der Waals surface area contributed by atoms with Gasteiger partial charge in [-0.05, 0) is 31.0 Å². The lowest BCUT2D eigenvalue weighted by molar-refractivity contribution is -0.116. The van der Waals surface area contributed by atoms with Gasteiger partial charge in [0.1, 0.15) is 24.1 Å². The van der Waals surface area contributed by atoms with E-state index in [1.807, 2.05) is 0 Å². The maximum atomic E-state index is 12.3. The Morgan fingerprint density at radius 1 is 1.12 bits per heavy atom. The molecule has 2 heterocycles. The highest BCUT2D eigenvalue weighted by Gasteiger charge is 2.43. The summed E-state index contributed by atoms with van der Waals surface area (Å²) in [4.78, 5) is 40.3. The first-order chi connectivity index (χ1) is 16.3. The normalized spacial score (nSPS) is 21.9. The monoisotopic (exact) mass is 475 g/mol. The lowest BCUT2D eigenvalue weighted by Gasteiger charge is -2.17. The van der Waals surface area contributed by atoms with Crippen molar-refractivity contribution in [2.75, 3.05) is 24.2 Å². The van der Waals surface area contributed by atoms with Gasteiger partial charge in [0.25, 0.3) is 5.91 Å². The van der Waals surface area contributed by atoms with Gasteiger partial charge in [-0.15, -0.1) is 0 Å². The van der Waals surface area contributed by atoms with E-state index in [2.05, 4.69) is 15.6 Å². The molecule has 0 unspecified atom stereocenters. The van der Waals surface area contributed by atoms with Gasteiger partial charge in [0.2, 0.25) is 5.91 Å². The Balaban J connectivity index is 1.39. The van der Waals surface area contributed by atoms with Crippen molar-refractivity contribution < 1.29 is 29.6 Å². The number of benzene rings is 1. The molecule has 12 nitrogen and oxygen atoms in total. The molecular weight excluding hydrogens is 446 g/mol. The molecule has 2 aromatic rings. The van der Waals surface area contributed by atoms with Crippen LogP contribution in [0.4, 0.5) is 11.5 Å². The number of carbonyl (C=O) groups is 2. The average Bonchev–Trinajstić information content (AvgIpc) is 3.10. The Bertz CT molecular complexity index is 1060. The number of para-hydroxylation sites is 1. The molecule has 0 radical (unpaired) electrons. The summed E-state index contributed by atoms with van der Waals surface area (Å²) < 4.78 is 6.29. The first kappa shape index (κ1) is 25.3. The number of nitrogens with two attached hydrogens (primary N) is 1. The molecule has 1 aliphatic rings. The second-order valence-corrected chi connectivity index (χ2v) is 7.93. The predicted molar refractivity (Wildman–Crippen MR) is 122 cm³/mol. The molecule has 1 aromatic carbocycles. The van der Waals surface area contributed by atoms with Crippen molar-refractivity contribution in [3.63, 3.8) is 0 Å². The van der Waals surface area contributed by atoms with Crippen LogP contribution in [0, 0.1) is 0 Å². The van der Waals surface area contributed by atoms with Crippen LogP contribution in [0.1, 0.15) is 42.3 Å². The molecule has 184 valence electrons. The van der Waals surface area contributed by atoms with Gasteiger partial charge in [0.05, 0.1) is 12.2 Å². The fraction of sp³-hybridized carbons (Fsp3) is 0.455. The minimum absolute atomic E-state index is 0.0470. The van der Waals surface area contributed by atoms with Crippen LogP contribution in [0.25, 0.3) is 0 Å². The Morgan fingerprint density at radius 2 is 1.88 bits per heavy atom. The molecule has 0 aliphatic carbocycles. The number of anilines is 2. The van der Waals surface area contributed by atoms with Crippen molar-refractivity contribution in [2.24, 2.45) is 0 Å². The minimum atomic E-state index is -1.41. The summed E-state index contributed by atoms with van der Waals surface area (Å²) in [5.74, 6) is -0.516. The number of ether oxygens (including phenoxy) is 1. The van der Waals surface area contributed by atoms with Crippen LogP contribution < -0.4 is 22.1 Å². The molecule has 12 heteroatoms. The molecule has 0 saturated carbocycles. The highest BCUT2D eigenvalue weighted by Crippen LogP contribution is 2.28. The van der Waals surface area contributed by atoms with E-state index in [9.17, 15) is 24.6 Å². The fourth-order valence-electron chi connectivity index (χ4n) is 3.58. The molecule has 1 aliphatic heterocycles. The van der Waals surface area contributed by atoms with Crippen LogP contribution in [0.15, 0.2) is 41.3 Å². The van der Waals surface area contributed by atoms with Crippen molar-refractivity contribution in [3.8, 4) is 0 Å². The summed E-state index contributed by atoms with van der Waals surface area (Å²) in [5, 5.41) is 34.4. The molecule has 34 heavy (non-hydrogen) atoms. The Morgan fingerprint density at radius 3 is 2.56 bits per heavy atom. The molecule has 0 bridgehead atoms. The van der Waals surface area contributed by atoms with E-state index in [4.69, 9.17) is 15.6 Å². The van der Waals surface area contributed by atoms with E-state index in [0.717, 1.165) is 4.57 Å². The number of carbonyl (C=O) groups excluding carboxylic acids is 2. The third kappa shape index (κ3) is 6.17. The van der Waals surface area contributed by atoms with Crippen molar-refractivity contribution >= 4 is 23.3 Å². The highest BCUT2D eigenvalue weighted by molar-refractivity contribution is 5.99. The van der Waals surface area contributed by atoms with Gasteiger partial charge in [-0.25, -0.2) is 4.79 Å². The SMILES string of the molecule is Nc1ccccc1C(=O)NCCCCCC(=O)Nc1ccn([C@@H]2O[C@H](CO)[C@@H](O)[C@@H]2O)c(=O)n1. The number of aliphatic hydroxyl groups is 3. The van der Waals surface area contributed by atoms with Gasteiger partial charge >= 0.3 is 5.69 Å². The van der Waals surface area contributed by atoms with Crippen LogP contribution in [0.2, 0.25) is 0 Å². The Labute approximate surface area is 195 Å². The van der Waals surface area contributed by atoms with Crippen molar-refractivity contribution in [2.45, 2.75) is 50.2 Å². The average molecular weight is 476 g/mol. The van der Waals surface area contributed by atoms with Crippen LogP contribution in [-0.4, -0.2) is 68.1 Å². The van der Waals surface area contributed by atoms with Crippen LogP contribution >= 0.6 is 0 Å². The fourth-order valence-corrected chi connectivity index (χ4v) is 3.58. The summed E-state index contributed by atoms with van der Waals surface area (Å²) >= 11 is 0. The maximum absolute atomic E-state index is 12.3. The van der Waals surface area contributed by atoms with Gasteiger partial charge < -0.3 is 36.4 Å². The smallest absolute Gasteiger partial charge is 0.351 e. The quantitative estimate of drug-likeness (QED) is 0.192. The zero-order valence-corrected chi connectivity index (χ0v) is 18.5. The number of hydrogen-bond donors (Lipinski definition) is 6. The van der Waals surface area contributed by atoms with Gasteiger partial charge in [-0.2, -0.15) is 4.98 Å². The highest BCUT2D eigenvalue weighted by atomic mass is 16.6. The van der Waals surface area contributed by atoms with Gasteiger partial charge in [0, 0.05) is 24.8 Å². The second kappa shape index (κ2) is 11.7. The van der Waals surface area contributed by atoms with Gasteiger partial charge in [0.15, 0.2) is 6.23 Å². The maximum Gasteiger partial charge on any atom is 0.351 e. The summed E-state index contributed by atoms with van der Waals surface area (Å²) in [6.45, 7) is -0.0609. The number of nitrogens with zero attached hydrogens (tertiary/aromatic N) is 2.